The van der Waals surface area contributed by atoms with Crippen molar-refractivity contribution >= 4 is 5.57 Å². The van der Waals surface area contributed by atoms with Gasteiger partial charge in [-0.2, -0.15) is 0 Å². The summed E-state index contributed by atoms with van der Waals surface area (Å²) < 4.78 is 0. The highest BCUT2D eigenvalue weighted by atomic mass is 15.2. The third-order valence-corrected chi connectivity index (χ3v) is 4.89. The summed E-state index contributed by atoms with van der Waals surface area (Å²) >= 11 is 0. The molecule has 2 aromatic carbocycles. The second kappa shape index (κ2) is 10.6. The molecule has 1 unspecified atom stereocenters. The first-order valence-electron chi connectivity index (χ1n) is 9.58. The van der Waals surface area contributed by atoms with Gasteiger partial charge in [-0.05, 0) is 56.1 Å². The number of hydrogen-bond acceptors (Lipinski definition) is 3. The Labute approximate surface area is 164 Å². The van der Waals surface area contributed by atoms with E-state index >= 15 is 0 Å². The number of hydrogen-bond donors (Lipinski definition) is 2. The first-order chi connectivity index (χ1) is 13.0. The molecule has 2 rings (SSSR count). The Morgan fingerprint density at radius 2 is 1.63 bits per heavy atom. The van der Waals surface area contributed by atoms with Gasteiger partial charge in [0.25, 0.3) is 0 Å². The SMILES string of the molecule is C=C(NCCC(=C)c1ccccc1C)NCC(Cc1ccccc1)N(C)C. The molecule has 0 aliphatic heterocycles. The molecule has 27 heavy (non-hydrogen) atoms. The van der Waals surface area contributed by atoms with Crippen LogP contribution in [-0.4, -0.2) is 38.1 Å². The van der Waals surface area contributed by atoms with Crippen molar-refractivity contribution in [2.45, 2.75) is 25.8 Å². The van der Waals surface area contributed by atoms with Crippen LogP contribution in [-0.2, 0) is 6.42 Å². The third-order valence-electron chi connectivity index (χ3n) is 4.89. The van der Waals surface area contributed by atoms with E-state index in [1.807, 2.05) is 0 Å². The van der Waals surface area contributed by atoms with Crippen LogP contribution in [0.15, 0.2) is 73.6 Å². The molecule has 2 aromatic rings. The van der Waals surface area contributed by atoms with E-state index < -0.39 is 0 Å². The molecular weight excluding hydrogens is 330 g/mol. The zero-order valence-electron chi connectivity index (χ0n) is 17.0. The summed E-state index contributed by atoms with van der Waals surface area (Å²) in [5.74, 6) is 0.868. The Hall–Kier alpha value is -2.52. The molecule has 0 fully saturated rings. The van der Waals surface area contributed by atoms with E-state index in [0.717, 1.165) is 37.3 Å². The minimum atomic E-state index is 0.410. The van der Waals surface area contributed by atoms with Crippen LogP contribution in [0, 0.1) is 6.92 Å². The van der Waals surface area contributed by atoms with Crippen molar-refractivity contribution in [2.24, 2.45) is 0 Å². The fourth-order valence-corrected chi connectivity index (χ4v) is 3.10. The van der Waals surface area contributed by atoms with Crippen molar-refractivity contribution in [3.8, 4) is 0 Å². The maximum Gasteiger partial charge on any atom is 0.0913 e. The van der Waals surface area contributed by atoms with Crippen LogP contribution in [0.3, 0.4) is 0 Å². The summed E-state index contributed by atoms with van der Waals surface area (Å²) in [6.45, 7) is 12.1. The third kappa shape index (κ3) is 6.95. The van der Waals surface area contributed by atoms with Crippen molar-refractivity contribution in [1.82, 2.24) is 15.5 Å². The predicted molar refractivity (Wildman–Crippen MR) is 118 cm³/mol. The molecule has 0 aliphatic carbocycles. The predicted octanol–water partition coefficient (Wildman–Crippen LogP) is 4.22. The monoisotopic (exact) mass is 363 g/mol. The lowest BCUT2D eigenvalue weighted by atomic mass is 10.00. The Morgan fingerprint density at radius 1 is 0.963 bits per heavy atom. The van der Waals surface area contributed by atoms with Gasteiger partial charge < -0.3 is 15.5 Å². The quantitative estimate of drug-likeness (QED) is 0.626. The van der Waals surface area contributed by atoms with Gasteiger partial charge in [0.05, 0.1) is 5.82 Å². The Kier molecular flexibility index (Phi) is 8.15. The van der Waals surface area contributed by atoms with Gasteiger partial charge in [0.15, 0.2) is 0 Å². The lowest BCUT2D eigenvalue weighted by Crippen LogP contribution is -2.41. The smallest absolute Gasteiger partial charge is 0.0913 e. The molecule has 3 heteroatoms. The zero-order valence-corrected chi connectivity index (χ0v) is 17.0. The number of benzene rings is 2. The number of aryl methyl sites for hydroxylation is 1. The van der Waals surface area contributed by atoms with E-state index in [9.17, 15) is 0 Å². The first-order valence-corrected chi connectivity index (χ1v) is 9.58. The van der Waals surface area contributed by atoms with E-state index in [2.05, 4.69) is 104 Å². The van der Waals surface area contributed by atoms with Crippen LogP contribution in [0.5, 0.6) is 0 Å². The van der Waals surface area contributed by atoms with Crippen molar-refractivity contribution in [3.63, 3.8) is 0 Å². The minimum absolute atomic E-state index is 0.410. The van der Waals surface area contributed by atoms with Gasteiger partial charge in [-0.3, -0.25) is 0 Å². The van der Waals surface area contributed by atoms with Gasteiger partial charge in [-0.15, -0.1) is 0 Å². The largest absolute Gasteiger partial charge is 0.372 e. The van der Waals surface area contributed by atoms with E-state index in [0.29, 0.717) is 6.04 Å². The Morgan fingerprint density at radius 3 is 2.30 bits per heavy atom. The average Bonchev–Trinajstić information content (AvgIpc) is 2.66. The number of likely N-dealkylation sites (N-methyl/N-ethyl adjacent to an activating group) is 1. The molecule has 144 valence electrons. The van der Waals surface area contributed by atoms with Gasteiger partial charge in [0, 0.05) is 19.1 Å². The van der Waals surface area contributed by atoms with E-state index in [4.69, 9.17) is 0 Å². The normalized spacial score (nSPS) is 11.9. The van der Waals surface area contributed by atoms with E-state index in [1.165, 1.54) is 16.7 Å². The van der Waals surface area contributed by atoms with Gasteiger partial charge in [0.1, 0.15) is 0 Å². The molecular formula is C24H33N3. The molecule has 0 heterocycles. The molecule has 2 N–H and O–H groups in total. The molecule has 3 nitrogen and oxygen atoms in total. The highest BCUT2D eigenvalue weighted by Gasteiger charge is 2.12. The highest BCUT2D eigenvalue weighted by Crippen LogP contribution is 2.19. The van der Waals surface area contributed by atoms with Crippen molar-refractivity contribution in [3.05, 3.63) is 90.3 Å². The topological polar surface area (TPSA) is 27.3 Å². The second-order valence-corrected chi connectivity index (χ2v) is 7.26. The summed E-state index contributed by atoms with van der Waals surface area (Å²) in [5.41, 5.74) is 5.03. The molecule has 0 spiro atoms. The van der Waals surface area contributed by atoms with Crippen LogP contribution in [0.1, 0.15) is 23.1 Å². The Bertz CT molecular complexity index is 734. The maximum atomic E-state index is 4.23. The maximum absolute atomic E-state index is 4.23. The first kappa shape index (κ1) is 20.8. The standard InChI is InChI=1S/C24H33N3/c1-19-11-9-10-14-24(19)20(2)15-16-25-21(3)26-18-23(27(4)5)17-22-12-7-6-8-13-22/h6-14,23,25-26H,2-3,15-18H2,1,4-5H3. The van der Waals surface area contributed by atoms with Crippen molar-refractivity contribution < 1.29 is 0 Å². The van der Waals surface area contributed by atoms with E-state index in [-0.39, 0.29) is 0 Å². The van der Waals surface area contributed by atoms with E-state index in [1.54, 1.807) is 0 Å². The molecule has 0 aromatic heterocycles. The fraction of sp³-hybridized carbons (Fsp3) is 0.333. The Balaban J connectivity index is 1.74. The number of nitrogens with one attached hydrogen (secondary N) is 2. The fourth-order valence-electron chi connectivity index (χ4n) is 3.10. The molecule has 1 atom stereocenters. The van der Waals surface area contributed by atoms with Crippen LogP contribution in [0.4, 0.5) is 0 Å². The molecule has 0 aliphatic rings. The summed E-state index contributed by atoms with van der Waals surface area (Å²) in [6, 6.07) is 19.4. The summed E-state index contributed by atoms with van der Waals surface area (Å²) in [6.07, 6.45) is 1.91. The van der Waals surface area contributed by atoms with Crippen LogP contribution in [0.2, 0.25) is 0 Å². The van der Waals surface area contributed by atoms with Gasteiger partial charge in [-0.25, -0.2) is 0 Å². The van der Waals surface area contributed by atoms with Crippen LogP contribution < -0.4 is 10.6 Å². The lowest BCUT2D eigenvalue weighted by molar-refractivity contribution is 0.285. The number of nitrogens with zero attached hydrogens (tertiary/aromatic N) is 1. The summed E-state index contributed by atoms with van der Waals surface area (Å²) in [5, 5.41) is 6.81. The van der Waals surface area contributed by atoms with Crippen molar-refractivity contribution in [2.75, 3.05) is 27.2 Å². The number of rotatable bonds is 11. The molecule has 0 saturated heterocycles. The molecule has 0 radical (unpaired) electrons. The average molecular weight is 364 g/mol. The second-order valence-electron chi connectivity index (χ2n) is 7.26. The zero-order chi connectivity index (χ0) is 19.6. The summed E-state index contributed by atoms with van der Waals surface area (Å²) in [4.78, 5) is 2.26. The highest BCUT2D eigenvalue weighted by molar-refractivity contribution is 5.66. The van der Waals surface area contributed by atoms with Gasteiger partial charge >= 0.3 is 0 Å². The lowest BCUT2D eigenvalue weighted by Gasteiger charge is -2.26. The van der Waals surface area contributed by atoms with Crippen molar-refractivity contribution in [1.29, 1.82) is 0 Å². The summed E-state index contributed by atoms with van der Waals surface area (Å²) in [7, 11) is 4.25. The van der Waals surface area contributed by atoms with Crippen LogP contribution >= 0.6 is 0 Å². The molecule has 0 bridgehead atoms. The van der Waals surface area contributed by atoms with Crippen LogP contribution in [0.25, 0.3) is 5.57 Å². The molecule has 0 saturated carbocycles. The van der Waals surface area contributed by atoms with Gasteiger partial charge in [-0.1, -0.05) is 67.8 Å². The van der Waals surface area contributed by atoms with Gasteiger partial charge in [0.2, 0.25) is 0 Å². The molecule has 0 amide bonds. The minimum Gasteiger partial charge on any atom is -0.372 e.